The maximum absolute atomic E-state index is 13.7. The van der Waals surface area contributed by atoms with Crippen molar-refractivity contribution in [2.24, 2.45) is 11.7 Å². The molecule has 1 aromatic rings. The van der Waals surface area contributed by atoms with E-state index in [9.17, 15) is 24.2 Å². The first-order chi connectivity index (χ1) is 14.0. The van der Waals surface area contributed by atoms with Crippen LogP contribution in [-0.4, -0.2) is 64.3 Å². The van der Waals surface area contributed by atoms with Crippen LogP contribution in [-0.2, 0) is 9.59 Å². The number of amides is 1. The number of hydrogen-bond donors (Lipinski definition) is 3. The van der Waals surface area contributed by atoms with Crippen LogP contribution in [0.4, 0.5) is 10.1 Å². The predicted molar refractivity (Wildman–Crippen MR) is 114 cm³/mol. The molecule has 1 aliphatic rings. The van der Waals surface area contributed by atoms with Gasteiger partial charge in [-0.1, -0.05) is 19.4 Å². The highest BCUT2D eigenvalue weighted by molar-refractivity contribution is 5.96. The summed E-state index contributed by atoms with van der Waals surface area (Å²) in [4.78, 5) is 27.7. The van der Waals surface area contributed by atoms with Crippen molar-refractivity contribution in [1.82, 2.24) is 4.90 Å². The van der Waals surface area contributed by atoms with E-state index >= 15 is 0 Å². The summed E-state index contributed by atoms with van der Waals surface area (Å²) >= 11 is 0. The monoisotopic (exact) mass is 423 g/mol. The number of nitrogens with zero attached hydrogens (tertiary/aromatic N) is 2. The Labute approximate surface area is 177 Å². The van der Waals surface area contributed by atoms with Crippen LogP contribution in [0.1, 0.15) is 45.6 Å². The molecule has 7 nitrogen and oxygen atoms in total. The molecule has 0 aliphatic carbocycles. The van der Waals surface area contributed by atoms with E-state index in [4.69, 9.17) is 5.73 Å². The molecular weight excluding hydrogens is 389 g/mol. The summed E-state index contributed by atoms with van der Waals surface area (Å²) in [6.07, 6.45) is 0.296. The molecule has 0 spiro atoms. The molecule has 168 valence electrons. The molecule has 0 bridgehead atoms. The van der Waals surface area contributed by atoms with Gasteiger partial charge in [-0.05, 0) is 51.3 Å². The minimum atomic E-state index is -0.980. The Balaban J connectivity index is 2.08. The van der Waals surface area contributed by atoms with E-state index in [1.54, 1.807) is 11.0 Å². The maximum atomic E-state index is 13.7. The van der Waals surface area contributed by atoms with Gasteiger partial charge in [0.2, 0.25) is 5.91 Å². The molecule has 2 rings (SSSR count). The molecule has 0 saturated carbocycles. The molecule has 1 heterocycles. The molecule has 30 heavy (non-hydrogen) atoms. The minimum absolute atomic E-state index is 0.0840. The average molecular weight is 424 g/mol. The number of aliphatic hydroxyl groups excluding tert-OH is 1. The molecule has 3 atom stereocenters. The van der Waals surface area contributed by atoms with Gasteiger partial charge in [-0.2, -0.15) is 0 Å². The Hall–Kier alpha value is -2.03. The first kappa shape index (κ1) is 24.2. The van der Waals surface area contributed by atoms with E-state index < -0.39 is 35.4 Å². The van der Waals surface area contributed by atoms with Crippen molar-refractivity contribution in [1.29, 1.82) is 0 Å². The maximum Gasteiger partial charge on any atom is 0.306 e. The van der Waals surface area contributed by atoms with E-state index in [-0.39, 0.29) is 25.4 Å². The second-order valence-corrected chi connectivity index (χ2v) is 8.89. The number of nitrogens with two attached hydrogens (primary N) is 1. The highest BCUT2D eigenvalue weighted by atomic mass is 19.1. The van der Waals surface area contributed by atoms with Crippen molar-refractivity contribution in [2.75, 3.05) is 24.5 Å². The molecule has 1 saturated heterocycles. The van der Waals surface area contributed by atoms with Crippen LogP contribution in [0.2, 0.25) is 0 Å². The number of halogens is 1. The number of carbonyl (C=O) groups is 2. The summed E-state index contributed by atoms with van der Waals surface area (Å²) in [6, 6.07) is 3.71. The number of piperazine rings is 1. The van der Waals surface area contributed by atoms with E-state index in [1.165, 1.54) is 12.1 Å². The van der Waals surface area contributed by atoms with Gasteiger partial charge in [-0.15, -0.1) is 0 Å². The van der Waals surface area contributed by atoms with Gasteiger partial charge < -0.3 is 20.8 Å². The normalized spacial score (nSPS) is 20.1. The Morgan fingerprint density at radius 1 is 1.37 bits per heavy atom. The highest BCUT2D eigenvalue weighted by Gasteiger charge is 2.40. The average Bonchev–Trinajstić information content (AvgIpc) is 2.66. The zero-order valence-corrected chi connectivity index (χ0v) is 18.3. The highest BCUT2D eigenvalue weighted by Crippen LogP contribution is 2.29. The van der Waals surface area contributed by atoms with Crippen molar-refractivity contribution in [3.63, 3.8) is 0 Å². The molecule has 0 radical (unpaired) electrons. The van der Waals surface area contributed by atoms with Crippen LogP contribution < -0.4 is 10.6 Å². The lowest BCUT2D eigenvalue weighted by Gasteiger charge is -2.48. The van der Waals surface area contributed by atoms with Gasteiger partial charge in [0.1, 0.15) is 5.82 Å². The van der Waals surface area contributed by atoms with Gasteiger partial charge >= 0.3 is 5.97 Å². The van der Waals surface area contributed by atoms with Crippen LogP contribution in [0.25, 0.3) is 0 Å². The summed E-state index contributed by atoms with van der Waals surface area (Å²) < 4.78 is 13.7. The summed E-state index contributed by atoms with van der Waals surface area (Å²) in [7, 11) is 0. The standard InChI is InChI=1S/C22H34FN3O4/c1-5-6-15(21(29)30)9-19(27)17(24)11-25-12-20(28)26(13-22(25,3)4)18-10-16(23)8-7-14(18)2/h7-8,10,15,17,19,27H,5-6,9,11-13,24H2,1-4H3,(H,29,30)/t15-,17+,19+/m1/s1. The van der Waals surface area contributed by atoms with E-state index in [0.717, 1.165) is 5.56 Å². The van der Waals surface area contributed by atoms with Crippen LogP contribution in [0, 0.1) is 18.7 Å². The number of rotatable bonds is 9. The SMILES string of the molecule is CCC[C@H](C[C@H](O)[C@@H](N)CN1CC(=O)N(c2cc(F)ccc2C)CC1(C)C)C(=O)O. The van der Waals surface area contributed by atoms with Gasteiger partial charge in [0.25, 0.3) is 0 Å². The number of hydrogen-bond acceptors (Lipinski definition) is 5. The van der Waals surface area contributed by atoms with Crippen LogP contribution in [0.15, 0.2) is 18.2 Å². The molecule has 1 aromatic carbocycles. The zero-order valence-electron chi connectivity index (χ0n) is 18.3. The number of benzene rings is 1. The molecule has 1 fully saturated rings. The second-order valence-electron chi connectivity index (χ2n) is 8.89. The lowest BCUT2D eigenvalue weighted by atomic mass is 9.92. The lowest BCUT2D eigenvalue weighted by molar-refractivity contribution is -0.143. The van der Waals surface area contributed by atoms with Gasteiger partial charge in [0.05, 0.1) is 18.6 Å². The largest absolute Gasteiger partial charge is 0.481 e. The molecule has 8 heteroatoms. The summed E-state index contributed by atoms with van der Waals surface area (Å²) in [5.74, 6) is -2.14. The zero-order chi connectivity index (χ0) is 22.6. The number of anilines is 1. The summed E-state index contributed by atoms with van der Waals surface area (Å²) in [5.41, 5.74) is 7.10. The lowest BCUT2D eigenvalue weighted by Crippen LogP contribution is -2.64. The summed E-state index contributed by atoms with van der Waals surface area (Å²) in [5, 5.41) is 19.8. The number of carboxylic acid groups (broad SMARTS) is 1. The van der Waals surface area contributed by atoms with Gasteiger partial charge in [-0.3, -0.25) is 14.5 Å². The van der Waals surface area contributed by atoms with Gasteiger partial charge in [0, 0.05) is 30.4 Å². The van der Waals surface area contributed by atoms with Gasteiger partial charge in [-0.25, -0.2) is 4.39 Å². The van der Waals surface area contributed by atoms with Crippen molar-refractivity contribution < 1.29 is 24.2 Å². The fourth-order valence-electron chi connectivity index (χ4n) is 3.98. The fraction of sp³-hybridized carbons (Fsp3) is 0.636. The Morgan fingerprint density at radius 2 is 2.03 bits per heavy atom. The van der Waals surface area contributed by atoms with Crippen LogP contribution in [0.5, 0.6) is 0 Å². The van der Waals surface area contributed by atoms with Gasteiger partial charge in [0.15, 0.2) is 0 Å². The first-order valence-corrected chi connectivity index (χ1v) is 10.4. The molecule has 4 N–H and O–H groups in total. The minimum Gasteiger partial charge on any atom is -0.481 e. The molecule has 0 unspecified atom stereocenters. The van der Waals surface area contributed by atoms with E-state index in [1.807, 2.05) is 32.6 Å². The Kier molecular flexibility index (Phi) is 7.96. The van der Waals surface area contributed by atoms with Crippen molar-refractivity contribution in [3.05, 3.63) is 29.6 Å². The molecular formula is C22H34FN3O4. The van der Waals surface area contributed by atoms with Crippen molar-refractivity contribution in [3.8, 4) is 0 Å². The molecule has 0 aromatic heterocycles. The number of aryl methyl sites for hydroxylation is 1. The molecule has 1 amide bonds. The third kappa shape index (κ3) is 5.77. The first-order valence-electron chi connectivity index (χ1n) is 10.4. The Morgan fingerprint density at radius 3 is 2.63 bits per heavy atom. The predicted octanol–water partition coefficient (Wildman–Crippen LogP) is 2.14. The van der Waals surface area contributed by atoms with Crippen LogP contribution in [0.3, 0.4) is 0 Å². The number of carboxylic acids is 1. The fourth-order valence-corrected chi connectivity index (χ4v) is 3.98. The summed E-state index contributed by atoms with van der Waals surface area (Å²) in [6.45, 7) is 8.37. The topological polar surface area (TPSA) is 107 Å². The Bertz CT molecular complexity index is 771. The van der Waals surface area contributed by atoms with E-state index in [0.29, 0.717) is 25.1 Å². The van der Waals surface area contributed by atoms with E-state index in [2.05, 4.69) is 0 Å². The number of aliphatic hydroxyl groups is 1. The second kappa shape index (κ2) is 9.85. The number of aliphatic carboxylic acids is 1. The van der Waals surface area contributed by atoms with Crippen molar-refractivity contribution >= 4 is 17.6 Å². The smallest absolute Gasteiger partial charge is 0.306 e. The van der Waals surface area contributed by atoms with Crippen LogP contribution >= 0.6 is 0 Å². The third-order valence-electron chi connectivity index (χ3n) is 5.93. The molecule has 1 aliphatic heterocycles. The quantitative estimate of drug-likeness (QED) is 0.562. The number of carbonyl (C=O) groups excluding carboxylic acids is 1. The van der Waals surface area contributed by atoms with Crippen molar-refractivity contribution in [2.45, 2.75) is 64.6 Å². The third-order valence-corrected chi connectivity index (χ3v) is 5.93.